The lowest BCUT2D eigenvalue weighted by Crippen LogP contribution is -2.21. The molecule has 0 unspecified atom stereocenters. The van der Waals surface area contributed by atoms with Gasteiger partial charge < -0.3 is 34.3 Å². The minimum absolute atomic E-state index is 0. The molecule has 0 amide bonds. The highest BCUT2D eigenvalue weighted by atomic mass is 35.5. The van der Waals surface area contributed by atoms with Gasteiger partial charge in [0.1, 0.15) is 10.6 Å². The van der Waals surface area contributed by atoms with Gasteiger partial charge in [0.05, 0.1) is 58.2 Å². The van der Waals surface area contributed by atoms with E-state index in [0.29, 0.717) is 41.5 Å². The van der Waals surface area contributed by atoms with Gasteiger partial charge in [0.25, 0.3) is 0 Å². The number of nitrogens with two attached hydrogens (primary N) is 3. The van der Waals surface area contributed by atoms with Gasteiger partial charge in [0, 0.05) is 37.0 Å². The van der Waals surface area contributed by atoms with Gasteiger partial charge >= 0.3 is 0 Å². The van der Waals surface area contributed by atoms with E-state index in [-0.39, 0.29) is 62.2 Å². The van der Waals surface area contributed by atoms with E-state index < -0.39 is 47.2 Å². The molecule has 2 aliphatic heterocycles. The monoisotopic (exact) mass is 1090 g/mol. The van der Waals surface area contributed by atoms with Crippen molar-refractivity contribution >= 4 is 111 Å². The standard InChI is InChI=1S/C7H10N2O4S2.C7H9NO2S.C6H10N2O3S2.C5H6N2O3S2.C5H5NOS.C2H6O2.CH4.ClH/c1-7(12-2-3-13-7)6-9-4-5(14-6)15(8,10)11;1-7(9-3-4-10-7)6-8-2-5-11-6;1-6(2,9)5-8-3-4(12-5)13(7,10)11;1-3(8)5-7-2-4(11-5)12(6,9)10;1-4(7)5-6-2-3-8-5;3-1-2-4;;/h4H,2-3H2,1H3,(H2,8,10,11);2,5H,3-4H2,1H3;3,9H,1-2H3,(H2,7,10,11);2H,1H3,(H2,6,9,10);2-3H,1H3;3-4H,1-2H2;1H4;1H. The van der Waals surface area contributed by atoms with Crippen LogP contribution in [0.5, 0.6) is 0 Å². The number of carbonyl (C=O) groups excluding carboxylic acids is 2. The topological polar surface area (TPSA) is 377 Å². The molecule has 9 N–H and O–H groups in total. The number of rotatable bonds is 9. The van der Waals surface area contributed by atoms with Crippen molar-refractivity contribution in [3.63, 3.8) is 0 Å². The maximum absolute atomic E-state index is 11.0. The Morgan fingerprint density at radius 1 is 0.646 bits per heavy atom. The molecule has 368 valence electrons. The number of sulfonamides is 3. The number of thiazole rings is 5. The van der Waals surface area contributed by atoms with E-state index in [1.54, 1.807) is 36.0 Å². The van der Waals surface area contributed by atoms with Crippen molar-refractivity contribution in [1.29, 1.82) is 0 Å². The fourth-order valence-electron chi connectivity index (χ4n) is 3.95. The van der Waals surface area contributed by atoms with Gasteiger partial charge in [-0.3, -0.25) is 9.59 Å². The number of aliphatic hydroxyl groups is 3. The number of ether oxygens (including phenoxy) is 4. The van der Waals surface area contributed by atoms with Crippen LogP contribution in [0.1, 0.15) is 83.6 Å². The fourth-order valence-corrected chi connectivity index (χ4v) is 9.80. The minimum Gasteiger partial charge on any atom is -0.394 e. The molecule has 0 aromatic carbocycles. The first-order valence-corrected chi connectivity index (χ1v) is 26.2. The molecule has 0 bridgehead atoms. The second-order valence-corrected chi connectivity index (χ2v) is 22.9. The summed E-state index contributed by atoms with van der Waals surface area (Å²) in [6, 6.07) is 0. The summed E-state index contributed by atoms with van der Waals surface area (Å²) in [6.45, 7) is 11.5. The van der Waals surface area contributed by atoms with Gasteiger partial charge in [-0.25, -0.2) is 65.6 Å². The van der Waals surface area contributed by atoms with E-state index >= 15 is 0 Å². The molecule has 5 aromatic rings. The molecular weight excluding hydrogens is 1040 g/mol. The Kier molecular flexibility index (Phi) is 26.1. The van der Waals surface area contributed by atoms with E-state index in [1.807, 2.05) is 12.3 Å². The summed E-state index contributed by atoms with van der Waals surface area (Å²) >= 11 is 5.54. The highest BCUT2D eigenvalue weighted by molar-refractivity contribution is 7.91. The predicted octanol–water partition coefficient (Wildman–Crippen LogP) is 2.76. The van der Waals surface area contributed by atoms with Crippen LogP contribution in [0, 0.1) is 0 Å². The van der Waals surface area contributed by atoms with Crippen LogP contribution in [0.4, 0.5) is 0 Å². The van der Waals surface area contributed by atoms with Crippen LogP contribution in [0.25, 0.3) is 0 Å². The summed E-state index contributed by atoms with van der Waals surface area (Å²) in [4.78, 5) is 40.4. The normalized spacial score (nSPS) is 14.9. The number of nitrogens with zero attached hydrogens (tertiary/aromatic N) is 5. The predicted molar refractivity (Wildman–Crippen MR) is 247 cm³/mol. The summed E-state index contributed by atoms with van der Waals surface area (Å²) in [7, 11) is -11.1. The average Bonchev–Trinajstić information content (AvgIpc) is 4.03. The number of aliphatic hydroxyl groups excluding tert-OH is 2. The maximum Gasteiger partial charge on any atom is 0.249 e. The van der Waals surface area contributed by atoms with Crippen LogP contribution in [0.15, 0.2) is 54.4 Å². The highest BCUT2D eigenvalue weighted by Crippen LogP contribution is 2.35. The second-order valence-electron chi connectivity index (χ2n) is 12.7. The average molecular weight is 1090 g/mol. The van der Waals surface area contributed by atoms with Gasteiger partial charge in [0.15, 0.2) is 44.2 Å². The SMILES string of the molecule is C.CC(=O)c1ncc(S(N)(=O)=O)s1.CC(=O)c1nccs1.CC(C)(O)c1ncc(S(N)(=O)=O)s1.CC1(c2ncc(S(N)(=O)=O)s2)OCCO1.CC1(c2nccs2)OCCO1.Cl.OCCO. The van der Waals surface area contributed by atoms with Crippen LogP contribution >= 0.6 is 69.1 Å². The lowest BCUT2D eigenvalue weighted by atomic mass is 10.2. The summed E-state index contributed by atoms with van der Waals surface area (Å²) in [5.41, 5.74) is -1.13. The first-order chi connectivity index (χ1) is 29.1. The third kappa shape index (κ3) is 21.0. The van der Waals surface area contributed by atoms with Crippen molar-refractivity contribution in [2.24, 2.45) is 15.4 Å². The zero-order valence-corrected chi connectivity index (χ0v) is 42.0. The van der Waals surface area contributed by atoms with Gasteiger partial charge in [-0.2, -0.15) is 0 Å². The molecule has 7 rings (SSSR count). The van der Waals surface area contributed by atoms with Gasteiger partial charge in [-0.05, 0) is 27.7 Å². The highest BCUT2D eigenvalue weighted by Gasteiger charge is 2.37. The lowest BCUT2D eigenvalue weighted by Gasteiger charge is -2.18. The van der Waals surface area contributed by atoms with Crippen LogP contribution < -0.4 is 15.4 Å². The molecule has 0 atom stereocenters. The quantitative estimate of drug-likeness (QED) is 0.116. The summed E-state index contributed by atoms with van der Waals surface area (Å²) in [6.07, 6.45) is 6.83. The van der Waals surface area contributed by atoms with Crippen molar-refractivity contribution in [3.05, 3.63) is 66.8 Å². The van der Waals surface area contributed by atoms with Crippen molar-refractivity contribution in [3.8, 4) is 0 Å². The van der Waals surface area contributed by atoms with Gasteiger partial charge in [0.2, 0.25) is 41.6 Å². The fraction of sp³-hybridized carbons (Fsp3) is 0.485. The number of halogens is 1. The number of primary sulfonamides is 3. The molecule has 2 fully saturated rings. The number of ketones is 2. The van der Waals surface area contributed by atoms with Crippen LogP contribution in [-0.2, 0) is 66.2 Å². The number of hydrogen-bond acceptors (Lipinski definition) is 25. The molecule has 0 radical (unpaired) electrons. The Bertz CT molecular complexity index is 2510. The van der Waals surface area contributed by atoms with Gasteiger partial charge in [-0.1, -0.05) is 18.8 Å². The van der Waals surface area contributed by atoms with E-state index in [0.717, 1.165) is 51.4 Å². The van der Waals surface area contributed by atoms with E-state index in [9.17, 15) is 39.9 Å². The molecule has 65 heavy (non-hydrogen) atoms. The number of aromatic nitrogens is 5. The van der Waals surface area contributed by atoms with Crippen LogP contribution in [-0.4, -0.2) is 117 Å². The van der Waals surface area contributed by atoms with Crippen molar-refractivity contribution < 1.29 is 69.1 Å². The molecule has 2 aliphatic rings. The molecular formula is C33H51ClN8O15S8. The Labute approximate surface area is 402 Å². The minimum atomic E-state index is -3.71. The smallest absolute Gasteiger partial charge is 0.249 e. The van der Waals surface area contributed by atoms with Crippen molar-refractivity contribution in [2.45, 2.75) is 78.8 Å². The van der Waals surface area contributed by atoms with E-state index in [1.165, 1.54) is 45.2 Å². The van der Waals surface area contributed by atoms with Crippen molar-refractivity contribution in [2.75, 3.05) is 39.6 Å². The Morgan fingerprint density at radius 2 is 1.05 bits per heavy atom. The first kappa shape index (κ1) is 62.2. The second kappa shape index (κ2) is 27.3. The first-order valence-electron chi connectivity index (χ1n) is 17.4. The molecule has 0 aliphatic carbocycles. The summed E-state index contributed by atoms with van der Waals surface area (Å²) < 4.78 is 86.5. The number of carbonyl (C=O) groups is 2. The maximum atomic E-state index is 11.0. The zero-order chi connectivity index (χ0) is 47.9. The summed E-state index contributed by atoms with van der Waals surface area (Å²) in [5.74, 6) is -1.74. The molecule has 2 saturated heterocycles. The third-order valence-electron chi connectivity index (χ3n) is 6.84. The zero-order valence-electron chi connectivity index (χ0n) is 34.7. The van der Waals surface area contributed by atoms with Crippen LogP contribution in [0.2, 0.25) is 0 Å². The molecule has 5 aromatic heterocycles. The lowest BCUT2D eigenvalue weighted by molar-refractivity contribution is -0.150. The molecule has 32 heteroatoms. The van der Waals surface area contributed by atoms with Crippen LogP contribution in [0.3, 0.4) is 0 Å². The Balaban J connectivity index is 0.000000773. The Hall–Kier alpha value is -2.77. The number of Topliss-reactive ketones (excluding diaryl/α,β-unsaturated/α-hetero) is 2. The number of hydrogen-bond donors (Lipinski definition) is 6. The third-order valence-corrected chi connectivity index (χ3v) is 16.5. The molecule has 23 nitrogen and oxygen atoms in total. The Morgan fingerprint density at radius 3 is 1.34 bits per heavy atom. The van der Waals surface area contributed by atoms with Crippen molar-refractivity contribution in [1.82, 2.24) is 24.9 Å². The largest absolute Gasteiger partial charge is 0.394 e. The molecule has 0 spiro atoms. The van der Waals surface area contributed by atoms with E-state index in [4.69, 9.17) is 44.6 Å². The van der Waals surface area contributed by atoms with Gasteiger partial charge in [-0.15, -0.1) is 57.8 Å². The molecule has 7 heterocycles. The summed E-state index contributed by atoms with van der Waals surface area (Å²) in [5, 5.41) is 45.5. The van der Waals surface area contributed by atoms with E-state index in [2.05, 4.69) is 24.9 Å². The molecule has 0 saturated carbocycles.